The molecule has 1 aliphatic rings. The molecule has 1 aromatic rings. The third kappa shape index (κ3) is 3.00. The van der Waals surface area contributed by atoms with Gasteiger partial charge in [-0.25, -0.2) is 0 Å². The molecule has 108 valence electrons. The molecular weight excluding hydrogens is 238 g/mol. The predicted octanol–water partition coefficient (Wildman–Crippen LogP) is 2.82. The van der Waals surface area contributed by atoms with E-state index in [0.717, 1.165) is 25.2 Å². The minimum absolute atomic E-state index is 0.0736. The van der Waals surface area contributed by atoms with Crippen molar-refractivity contribution in [1.29, 1.82) is 0 Å². The van der Waals surface area contributed by atoms with Crippen molar-refractivity contribution in [3.05, 3.63) is 17.5 Å². The SMILES string of the molecule is CCNCc1cn(C2CC(C)(C)OC2(C)C)nc1C. The smallest absolute Gasteiger partial charge is 0.0857 e. The highest BCUT2D eigenvalue weighted by Crippen LogP contribution is 2.44. The monoisotopic (exact) mass is 265 g/mol. The maximum atomic E-state index is 6.16. The van der Waals surface area contributed by atoms with E-state index < -0.39 is 0 Å². The molecule has 1 aliphatic heterocycles. The average molecular weight is 265 g/mol. The van der Waals surface area contributed by atoms with Crippen LogP contribution in [-0.4, -0.2) is 27.5 Å². The maximum absolute atomic E-state index is 6.16. The second-order valence-corrected chi connectivity index (χ2v) is 6.69. The summed E-state index contributed by atoms with van der Waals surface area (Å²) in [6, 6.07) is 0.302. The Kier molecular flexibility index (Phi) is 3.76. The molecule has 1 N–H and O–H groups in total. The molecule has 2 rings (SSSR count). The van der Waals surface area contributed by atoms with E-state index in [9.17, 15) is 0 Å². The van der Waals surface area contributed by atoms with Crippen LogP contribution in [0.5, 0.6) is 0 Å². The fourth-order valence-electron chi connectivity index (χ4n) is 3.06. The topological polar surface area (TPSA) is 39.1 Å². The van der Waals surface area contributed by atoms with Gasteiger partial charge in [0.25, 0.3) is 0 Å². The van der Waals surface area contributed by atoms with Crippen molar-refractivity contribution < 1.29 is 4.74 Å². The zero-order valence-electron chi connectivity index (χ0n) is 13.1. The normalized spacial score (nSPS) is 24.8. The number of hydrogen-bond acceptors (Lipinski definition) is 3. The zero-order valence-corrected chi connectivity index (χ0v) is 13.1. The molecule has 19 heavy (non-hydrogen) atoms. The van der Waals surface area contributed by atoms with Crippen molar-refractivity contribution >= 4 is 0 Å². The van der Waals surface area contributed by atoms with Crippen LogP contribution < -0.4 is 5.32 Å². The number of aryl methyl sites for hydroxylation is 1. The van der Waals surface area contributed by atoms with Gasteiger partial charge in [-0.05, 0) is 41.2 Å². The Morgan fingerprint density at radius 1 is 1.42 bits per heavy atom. The number of aromatic nitrogens is 2. The Morgan fingerprint density at radius 2 is 2.11 bits per heavy atom. The first-order valence-corrected chi connectivity index (χ1v) is 7.21. The summed E-state index contributed by atoms with van der Waals surface area (Å²) >= 11 is 0. The van der Waals surface area contributed by atoms with Crippen LogP contribution in [0.15, 0.2) is 6.20 Å². The number of nitrogens with zero attached hydrogens (tertiary/aromatic N) is 2. The Bertz CT molecular complexity index is 448. The molecule has 4 heteroatoms. The largest absolute Gasteiger partial charge is 0.367 e. The lowest BCUT2D eigenvalue weighted by Gasteiger charge is -2.27. The van der Waals surface area contributed by atoms with Crippen LogP contribution in [0.2, 0.25) is 0 Å². The first-order valence-electron chi connectivity index (χ1n) is 7.21. The van der Waals surface area contributed by atoms with Crippen LogP contribution in [0.3, 0.4) is 0 Å². The van der Waals surface area contributed by atoms with Gasteiger partial charge in [0, 0.05) is 24.7 Å². The number of nitrogens with one attached hydrogen (secondary N) is 1. The summed E-state index contributed by atoms with van der Waals surface area (Å²) in [7, 11) is 0. The van der Waals surface area contributed by atoms with Crippen LogP contribution in [0.4, 0.5) is 0 Å². The van der Waals surface area contributed by atoms with E-state index in [2.05, 4.69) is 57.7 Å². The summed E-state index contributed by atoms with van der Waals surface area (Å²) in [6.07, 6.45) is 3.18. The van der Waals surface area contributed by atoms with Crippen molar-refractivity contribution in [2.75, 3.05) is 6.54 Å². The quantitative estimate of drug-likeness (QED) is 0.910. The average Bonchev–Trinajstić information content (AvgIpc) is 2.72. The molecule has 1 fully saturated rings. The maximum Gasteiger partial charge on any atom is 0.0857 e. The van der Waals surface area contributed by atoms with E-state index in [1.54, 1.807) is 0 Å². The van der Waals surface area contributed by atoms with Gasteiger partial charge in [0.15, 0.2) is 0 Å². The molecule has 0 spiro atoms. The Hall–Kier alpha value is -0.870. The van der Waals surface area contributed by atoms with Gasteiger partial charge in [0.1, 0.15) is 0 Å². The first kappa shape index (κ1) is 14.5. The van der Waals surface area contributed by atoms with Gasteiger partial charge < -0.3 is 10.1 Å². The molecule has 0 amide bonds. The molecular formula is C15H27N3O. The molecule has 0 radical (unpaired) electrons. The van der Waals surface area contributed by atoms with E-state index in [1.807, 2.05) is 0 Å². The van der Waals surface area contributed by atoms with Crippen molar-refractivity contribution in [2.24, 2.45) is 0 Å². The molecule has 0 aliphatic carbocycles. The fraction of sp³-hybridized carbons (Fsp3) is 0.800. The highest BCUT2D eigenvalue weighted by molar-refractivity contribution is 5.16. The van der Waals surface area contributed by atoms with Crippen LogP contribution in [0.1, 0.15) is 58.3 Å². The van der Waals surface area contributed by atoms with Gasteiger partial charge >= 0.3 is 0 Å². The Balaban J connectivity index is 2.22. The molecule has 1 atom stereocenters. The molecule has 0 bridgehead atoms. The summed E-state index contributed by atoms with van der Waals surface area (Å²) in [6.45, 7) is 14.7. The van der Waals surface area contributed by atoms with Gasteiger partial charge in [-0.1, -0.05) is 6.92 Å². The van der Waals surface area contributed by atoms with E-state index in [-0.39, 0.29) is 11.2 Å². The van der Waals surface area contributed by atoms with Crippen molar-refractivity contribution in [1.82, 2.24) is 15.1 Å². The molecule has 1 saturated heterocycles. The van der Waals surface area contributed by atoms with Crippen LogP contribution in [-0.2, 0) is 11.3 Å². The number of ether oxygens (including phenoxy) is 1. The summed E-state index contributed by atoms with van der Waals surface area (Å²) < 4.78 is 8.26. The van der Waals surface area contributed by atoms with Crippen molar-refractivity contribution in [3.63, 3.8) is 0 Å². The molecule has 1 unspecified atom stereocenters. The lowest BCUT2D eigenvalue weighted by Crippen LogP contribution is -2.31. The molecule has 0 saturated carbocycles. The van der Waals surface area contributed by atoms with Gasteiger partial charge in [-0.15, -0.1) is 0 Å². The van der Waals surface area contributed by atoms with Crippen LogP contribution >= 0.6 is 0 Å². The number of hydrogen-bond donors (Lipinski definition) is 1. The van der Waals surface area contributed by atoms with Crippen LogP contribution in [0, 0.1) is 6.92 Å². The van der Waals surface area contributed by atoms with Crippen molar-refractivity contribution in [3.8, 4) is 0 Å². The third-order valence-electron chi connectivity index (χ3n) is 3.93. The molecule has 4 nitrogen and oxygen atoms in total. The van der Waals surface area contributed by atoms with Gasteiger partial charge in [0.2, 0.25) is 0 Å². The third-order valence-corrected chi connectivity index (χ3v) is 3.93. The summed E-state index contributed by atoms with van der Waals surface area (Å²) in [5.74, 6) is 0. The Labute approximate surface area is 116 Å². The highest BCUT2D eigenvalue weighted by atomic mass is 16.5. The molecule has 0 aromatic carbocycles. The standard InChI is InChI=1S/C15H27N3O/c1-7-16-9-12-10-18(17-11(12)2)13-8-14(3,4)19-15(13,5)6/h10,13,16H,7-9H2,1-6H3. The summed E-state index contributed by atoms with van der Waals surface area (Å²) in [5.41, 5.74) is 2.15. The van der Waals surface area contributed by atoms with E-state index in [1.165, 1.54) is 5.56 Å². The second-order valence-electron chi connectivity index (χ2n) is 6.69. The van der Waals surface area contributed by atoms with E-state index >= 15 is 0 Å². The second kappa shape index (κ2) is 4.91. The summed E-state index contributed by atoms with van der Waals surface area (Å²) in [5, 5.41) is 8.07. The van der Waals surface area contributed by atoms with Gasteiger partial charge in [0.05, 0.1) is 22.9 Å². The van der Waals surface area contributed by atoms with E-state index in [0.29, 0.717) is 6.04 Å². The summed E-state index contributed by atoms with van der Waals surface area (Å²) in [4.78, 5) is 0. The predicted molar refractivity (Wildman–Crippen MR) is 77.2 cm³/mol. The minimum Gasteiger partial charge on any atom is -0.367 e. The lowest BCUT2D eigenvalue weighted by atomic mass is 9.95. The molecule has 1 aromatic heterocycles. The molecule has 2 heterocycles. The number of rotatable bonds is 4. The van der Waals surface area contributed by atoms with Gasteiger partial charge in [-0.3, -0.25) is 4.68 Å². The minimum atomic E-state index is -0.169. The first-order chi connectivity index (χ1) is 8.75. The highest BCUT2D eigenvalue weighted by Gasteiger charge is 2.47. The Morgan fingerprint density at radius 3 is 2.63 bits per heavy atom. The zero-order chi connectivity index (χ0) is 14.3. The van der Waals surface area contributed by atoms with Gasteiger partial charge in [-0.2, -0.15) is 5.10 Å². The van der Waals surface area contributed by atoms with Crippen LogP contribution in [0.25, 0.3) is 0 Å². The van der Waals surface area contributed by atoms with Crippen molar-refractivity contribution in [2.45, 2.75) is 71.8 Å². The fourth-order valence-corrected chi connectivity index (χ4v) is 3.06. The lowest BCUT2D eigenvalue weighted by molar-refractivity contribution is -0.0737. The van der Waals surface area contributed by atoms with E-state index in [4.69, 9.17) is 9.84 Å².